The van der Waals surface area contributed by atoms with Gasteiger partial charge >= 0.3 is 0 Å². The topological polar surface area (TPSA) is 32.3 Å². The number of aliphatic hydroxyl groups excluding tert-OH is 1. The summed E-state index contributed by atoms with van der Waals surface area (Å²) in [7, 11) is 0. The highest BCUT2D eigenvalue weighted by Crippen LogP contribution is 2.45. The molecule has 0 saturated heterocycles. The van der Waals surface area contributed by atoms with Crippen molar-refractivity contribution in [2.75, 3.05) is 11.9 Å². The largest absolute Gasteiger partial charge is 0.394 e. The van der Waals surface area contributed by atoms with Gasteiger partial charge < -0.3 is 10.4 Å². The first-order valence-corrected chi connectivity index (χ1v) is 6.99. The number of nitrogens with one attached hydrogen (secondary N) is 1. The van der Waals surface area contributed by atoms with Crippen LogP contribution >= 0.6 is 0 Å². The number of benzene rings is 1. The Kier molecular flexibility index (Phi) is 3.86. The number of rotatable bonds is 3. The molecule has 19 heavy (non-hydrogen) atoms. The molecule has 0 bridgehead atoms. The lowest BCUT2D eigenvalue weighted by molar-refractivity contribution is 0.0749. The van der Waals surface area contributed by atoms with E-state index >= 15 is 0 Å². The zero-order valence-corrected chi connectivity index (χ0v) is 12.0. The molecule has 2 atom stereocenters. The fraction of sp³-hybridized carbons (Fsp3) is 0.625. The average molecular weight is 265 g/mol. The van der Waals surface area contributed by atoms with Crippen molar-refractivity contribution in [2.45, 2.75) is 45.6 Å². The fourth-order valence-corrected chi connectivity index (χ4v) is 3.87. The molecule has 0 aliphatic heterocycles. The van der Waals surface area contributed by atoms with Gasteiger partial charge in [0.05, 0.1) is 12.1 Å². The van der Waals surface area contributed by atoms with Crippen LogP contribution in [-0.2, 0) is 0 Å². The quantitative estimate of drug-likeness (QED) is 0.871. The number of anilines is 1. The number of hydrogen-bond acceptors (Lipinski definition) is 2. The van der Waals surface area contributed by atoms with Crippen LogP contribution in [0, 0.1) is 17.2 Å². The Morgan fingerprint density at radius 3 is 2.68 bits per heavy atom. The monoisotopic (exact) mass is 265 g/mol. The fourth-order valence-electron chi connectivity index (χ4n) is 3.87. The van der Waals surface area contributed by atoms with Crippen LogP contribution < -0.4 is 5.32 Å². The van der Waals surface area contributed by atoms with E-state index in [1.807, 2.05) is 6.07 Å². The normalized spacial score (nSPS) is 30.1. The van der Waals surface area contributed by atoms with Gasteiger partial charge in [0.25, 0.3) is 0 Å². The Bertz CT molecular complexity index is 446. The summed E-state index contributed by atoms with van der Waals surface area (Å²) in [5.74, 6) is 0.304. The van der Waals surface area contributed by atoms with Gasteiger partial charge in [-0.05, 0) is 48.8 Å². The van der Waals surface area contributed by atoms with E-state index in [1.165, 1.54) is 18.6 Å². The first-order chi connectivity index (χ1) is 8.84. The van der Waals surface area contributed by atoms with E-state index in [-0.39, 0.29) is 23.4 Å². The molecule has 2 unspecified atom stereocenters. The molecule has 1 aromatic rings. The van der Waals surface area contributed by atoms with Gasteiger partial charge in [0, 0.05) is 5.69 Å². The summed E-state index contributed by atoms with van der Waals surface area (Å²) < 4.78 is 13.3. The summed E-state index contributed by atoms with van der Waals surface area (Å²) in [6.45, 7) is 6.77. The Hall–Kier alpha value is -1.09. The number of hydrogen-bond donors (Lipinski definition) is 2. The molecule has 1 aliphatic carbocycles. The predicted octanol–water partition coefficient (Wildman–Crippen LogP) is 3.81. The molecule has 0 radical (unpaired) electrons. The van der Waals surface area contributed by atoms with Gasteiger partial charge in [0.1, 0.15) is 5.82 Å². The van der Waals surface area contributed by atoms with Crippen molar-refractivity contribution in [1.82, 2.24) is 0 Å². The Labute approximate surface area is 115 Å². The van der Waals surface area contributed by atoms with E-state index in [9.17, 15) is 9.50 Å². The second-order valence-electron chi connectivity index (χ2n) is 6.93. The van der Waals surface area contributed by atoms with E-state index < -0.39 is 0 Å². The van der Waals surface area contributed by atoms with Gasteiger partial charge in [-0.25, -0.2) is 4.39 Å². The molecule has 1 fully saturated rings. The van der Waals surface area contributed by atoms with Crippen molar-refractivity contribution in [3.63, 3.8) is 0 Å². The molecule has 2 N–H and O–H groups in total. The van der Waals surface area contributed by atoms with Crippen LogP contribution in [0.25, 0.3) is 0 Å². The lowest BCUT2D eigenvalue weighted by Crippen LogP contribution is -2.50. The first kappa shape index (κ1) is 14.3. The van der Waals surface area contributed by atoms with Crippen molar-refractivity contribution in [1.29, 1.82) is 0 Å². The molecule has 1 saturated carbocycles. The van der Waals surface area contributed by atoms with E-state index in [0.29, 0.717) is 5.92 Å². The highest BCUT2D eigenvalue weighted by Gasteiger charge is 2.42. The van der Waals surface area contributed by atoms with Crippen LogP contribution in [0.5, 0.6) is 0 Å². The Morgan fingerprint density at radius 2 is 2.11 bits per heavy atom. The molecule has 2 nitrogen and oxygen atoms in total. The molecule has 0 heterocycles. The predicted molar refractivity (Wildman–Crippen MR) is 76.6 cm³/mol. The molecule has 3 heteroatoms. The minimum atomic E-state index is -0.338. The van der Waals surface area contributed by atoms with Crippen LogP contribution in [0.1, 0.15) is 40.0 Å². The molecule has 0 spiro atoms. The third-order valence-electron chi connectivity index (χ3n) is 3.99. The number of halogens is 1. The van der Waals surface area contributed by atoms with E-state index in [2.05, 4.69) is 26.1 Å². The van der Waals surface area contributed by atoms with Crippen molar-refractivity contribution in [3.05, 3.63) is 30.1 Å². The highest BCUT2D eigenvalue weighted by atomic mass is 19.1. The second-order valence-corrected chi connectivity index (χ2v) is 6.93. The minimum absolute atomic E-state index is 0.0806. The smallest absolute Gasteiger partial charge is 0.125 e. The minimum Gasteiger partial charge on any atom is -0.394 e. The summed E-state index contributed by atoms with van der Waals surface area (Å²) in [6.07, 6.45) is 2.99. The van der Waals surface area contributed by atoms with Gasteiger partial charge in [-0.2, -0.15) is 0 Å². The molecule has 0 aromatic heterocycles. The van der Waals surface area contributed by atoms with Gasteiger partial charge in [0.2, 0.25) is 0 Å². The molecular formula is C16H24FNO. The highest BCUT2D eigenvalue weighted by molar-refractivity contribution is 5.46. The van der Waals surface area contributed by atoms with E-state index in [1.54, 1.807) is 6.07 Å². The first-order valence-electron chi connectivity index (χ1n) is 6.99. The molecule has 1 aromatic carbocycles. The Balaban J connectivity index is 2.22. The zero-order valence-electron chi connectivity index (χ0n) is 12.0. The van der Waals surface area contributed by atoms with Crippen LogP contribution in [0.3, 0.4) is 0 Å². The van der Waals surface area contributed by atoms with Gasteiger partial charge in [-0.3, -0.25) is 0 Å². The SMILES string of the molecule is CC1CC(C)(C)CC(CO)(Nc2cccc(F)c2)C1. The maximum atomic E-state index is 13.3. The van der Waals surface area contributed by atoms with Crippen molar-refractivity contribution in [3.8, 4) is 0 Å². The summed E-state index contributed by atoms with van der Waals surface area (Å²) in [4.78, 5) is 0. The van der Waals surface area contributed by atoms with Gasteiger partial charge in [-0.1, -0.05) is 26.8 Å². The summed E-state index contributed by atoms with van der Waals surface area (Å²) in [5.41, 5.74) is 0.606. The van der Waals surface area contributed by atoms with E-state index in [4.69, 9.17) is 0 Å². The van der Waals surface area contributed by atoms with Gasteiger partial charge in [-0.15, -0.1) is 0 Å². The summed E-state index contributed by atoms with van der Waals surface area (Å²) >= 11 is 0. The zero-order chi connectivity index (χ0) is 14.1. The van der Waals surface area contributed by atoms with Crippen molar-refractivity contribution >= 4 is 5.69 Å². The van der Waals surface area contributed by atoms with Crippen molar-refractivity contribution in [2.24, 2.45) is 11.3 Å². The molecule has 2 rings (SSSR count). The third-order valence-corrected chi connectivity index (χ3v) is 3.99. The van der Waals surface area contributed by atoms with Crippen LogP contribution in [0.4, 0.5) is 10.1 Å². The van der Waals surface area contributed by atoms with E-state index in [0.717, 1.165) is 18.5 Å². The molecule has 1 aliphatic rings. The lowest BCUT2D eigenvalue weighted by atomic mass is 9.64. The third kappa shape index (κ3) is 3.47. The molecule has 106 valence electrons. The standard InChI is InChI=1S/C16H24FNO/c1-12-8-15(2,3)10-16(9-12,11-19)18-14-6-4-5-13(17)7-14/h4-7,12,18-19H,8-11H2,1-3H3. The molecule has 0 amide bonds. The maximum absolute atomic E-state index is 13.3. The van der Waals surface area contributed by atoms with Gasteiger partial charge in [0.15, 0.2) is 0 Å². The summed E-state index contributed by atoms with van der Waals surface area (Å²) in [5, 5.41) is 13.2. The van der Waals surface area contributed by atoms with Crippen LogP contribution in [0.2, 0.25) is 0 Å². The van der Waals surface area contributed by atoms with Crippen LogP contribution in [0.15, 0.2) is 24.3 Å². The summed E-state index contributed by atoms with van der Waals surface area (Å²) in [6, 6.07) is 6.47. The second kappa shape index (κ2) is 5.12. The average Bonchev–Trinajstić information content (AvgIpc) is 2.26. The lowest BCUT2D eigenvalue weighted by Gasteiger charge is -2.47. The van der Waals surface area contributed by atoms with Crippen molar-refractivity contribution < 1.29 is 9.50 Å². The Morgan fingerprint density at radius 1 is 1.37 bits per heavy atom. The number of aliphatic hydroxyl groups is 1. The maximum Gasteiger partial charge on any atom is 0.125 e. The van der Waals surface area contributed by atoms with Crippen LogP contribution in [-0.4, -0.2) is 17.3 Å². The molecular weight excluding hydrogens is 241 g/mol.